The molecule has 0 spiro atoms. The smallest absolute Gasteiger partial charge is 0.408 e. The van der Waals surface area contributed by atoms with Crippen molar-refractivity contribution in [1.82, 2.24) is 5.32 Å². The van der Waals surface area contributed by atoms with E-state index in [4.69, 9.17) is 10.00 Å². The van der Waals surface area contributed by atoms with Gasteiger partial charge in [0.2, 0.25) is 0 Å². The molecular weight excluding hydrogens is 252 g/mol. The monoisotopic (exact) mass is 270 g/mol. The Bertz CT molecular complexity index is 596. The molecule has 104 valence electrons. The standard InChI is InChI=1S/C16H18N2O2/c1-12-7-8-14(11-17)13(10-12)6-5-9-18-15(19)20-16(2,3)4/h7-8,10H,9H2,1-4H3,(H,18,19). The minimum atomic E-state index is -0.526. The zero-order valence-corrected chi connectivity index (χ0v) is 12.2. The molecule has 0 heterocycles. The highest BCUT2D eigenvalue weighted by molar-refractivity contribution is 5.68. The topological polar surface area (TPSA) is 62.1 Å². The van der Waals surface area contributed by atoms with E-state index in [-0.39, 0.29) is 6.54 Å². The van der Waals surface area contributed by atoms with Crippen molar-refractivity contribution in [2.45, 2.75) is 33.3 Å². The molecular formula is C16H18N2O2. The fourth-order valence-electron chi connectivity index (χ4n) is 1.43. The maximum absolute atomic E-state index is 11.4. The largest absolute Gasteiger partial charge is 0.444 e. The van der Waals surface area contributed by atoms with Crippen molar-refractivity contribution in [3.63, 3.8) is 0 Å². The van der Waals surface area contributed by atoms with Gasteiger partial charge in [-0.2, -0.15) is 5.26 Å². The second-order valence-electron chi connectivity index (χ2n) is 5.32. The van der Waals surface area contributed by atoms with Crippen LogP contribution in [-0.4, -0.2) is 18.2 Å². The van der Waals surface area contributed by atoms with Crippen molar-refractivity contribution in [2.24, 2.45) is 0 Å². The first-order chi connectivity index (χ1) is 9.31. The van der Waals surface area contributed by atoms with Crippen LogP contribution in [0.2, 0.25) is 0 Å². The minimum Gasteiger partial charge on any atom is -0.444 e. The summed E-state index contributed by atoms with van der Waals surface area (Å²) in [7, 11) is 0. The summed E-state index contributed by atoms with van der Waals surface area (Å²) in [5, 5.41) is 11.5. The Hall–Kier alpha value is -2.46. The lowest BCUT2D eigenvalue weighted by atomic mass is 10.1. The van der Waals surface area contributed by atoms with Gasteiger partial charge < -0.3 is 10.1 Å². The molecule has 0 aliphatic rings. The van der Waals surface area contributed by atoms with Gasteiger partial charge >= 0.3 is 6.09 Å². The number of amides is 1. The Labute approximate surface area is 119 Å². The number of hydrogen-bond acceptors (Lipinski definition) is 3. The average molecular weight is 270 g/mol. The molecule has 0 bridgehead atoms. The fourth-order valence-corrected chi connectivity index (χ4v) is 1.43. The van der Waals surface area contributed by atoms with Crippen LogP contribution in [-0.2, 0) is 4.74 Å². The first-order valence-electron chi connectivity index (χ1n) is 6.28. The lowest BCUT2D eigenvalue weighted by molar-refractivity contribution is 0.0535. The zero-order valence-electron chi connectivity index (χ0n) is 12.2. The highest BCUT2D eigenvalue weighted by Gasteiger charge is 2.14. The van der Waals surface area contributed by atoms with E-state index in [1.54, 1.807) is 26.8 Å². The zero-order chi connectivity index (χ0) is 15.2. The number of carbonyl (C=O) groups excluding carboxylic acids is 1. The molecule has 0 radical (unpaired) electrons. The van der Waals surface area contributed by atoms with Gasteiger partial charge in [0.15, 0.2) is 0 Å². The van der Waals surface area contributed by atoms with Crippen LogP contribution in [0.25, 0.3) is 0 Å². The van der Waals surface area contributed by atoms with Crippen LogP contribution in [0.5, 0.6) is 0 Å². The van der Waals surface area contributed by atoms with Gasteiger partial charge in [0.1, 0.15) is 11.7 Å². The number of hydrogen-bond donors (Lipinski definition) is 1. The number of carbonyl (C=O) groups is 1. The number of nitrogens with zero attached hydrogens (tertiary/aromatic N) is 1. The molecule has 1 aromatic rings. The Morgan fingerprint density at radius 3 is 2.65 bits per heavy atom. The Balaban J connectivity index is 2.62. The molecule has 0 aliphatic carbocycles. The molecule has 20 heavy (non-hydrogen) atoms. The molecule has 1 aromatic carbocycles. The van der Waals surface area contributed by atoms with Crippen molar-refractivity contribution >= 4 is 6.09 Å². The normalized spacial score (nSPS) is 9.95. The molecule has 1 rings (SSSR count). The molecule has 0 unspecified atom stereocenters. The van der Waals surface area contributed by atoms with E-state index in [0.717, 1.165) is 5.56 Å². The van der Waals surface area contributed by atoms with Crippen LogP contribution < -0.4 is 5.32 Å². The average Bonchev–Trinajstić information content (AvgIpc) is 2.33. The maximum Gasteiger partial charge on any atom is 0.408 e. The number of nitrogens with one attached hydrogen (secondary N) is 1. The molecule has 1 N–H and O–H groups in total. The molecule has 4 heteroatoms. The molecule has 0 saturated carbocycles. The maximum atomic E-state index is 11.4. The van der Waals surface area contributed by atoms with Crippen molar-refractivity contribution < 1.29 is 9.53 Å². The molecule has 0 aliphatic heterocycles. The molecule has 0 aromatic heterocycles. The number of aryl methyl sites for hydroxylation is 1. The second-order valence-corrected chi connectivity index (χ2v) is 5.32. The third-order valence-electron chi connectivity index (χ3n) is 2.24. The SMILES string of the molecule is Cc1ccc(C#N)c(C#CCNC(=O)OC(C)(C)C)c1. The van der Waals surface area contributed by atoms with E-state index >= 15 is 0 Å². The number of ether oxygens (including phenoxy) is 1. The Morgan fingerprint density at radius 1 is 1.35 bits per heavy atom. The predicted octanol–water partition coefficient (Wildman–Crippen LogP) is 2.74. The molecule has 0 fully saturated rings. The van der Waals surface area contributed by atoms with Crippen molar-refractivity contribution in [3.05, 3.63) is 34.9 Å². The lowest BCUT2D eigenvalue weighted by Crippen LogP contribution is -2.32. The highest BCUT2D eigenvalue weighted by Crippen LogP contribution is 2.09. The number of alkyl carbamates (subject to hydrolysis) is 1. The van der Waals surface area contributed by atoms with Crippen LogP contribution in [0, 0.1) is 30.1 Å². The highest BCUT2D eigenvalue weighted by atomic mass is 16.6. The van der Waals surface area contributed by atoms with Gasteiger partial charge in [0.25, 0.3) is 0 Å². The Morgan fingerprint density at radius 2 is 2.05 bits per heavy atom. The summed E-state index contributed by atoms with van der Waals surface area (Å²) in [6, 6.07) is 7.54. The summed E-state index contributed by atoms with van der Waals surface area (Å²) >= 11 is 0. The van der Waals surface area contributed by atoms with Crippen LogP contribution in [0.1, 0.15) is 37.5 Å². The summed E-state index contributed by atoms with van der Waals surface area (Å²) in [5.41, 5.74) is 1.70. The van der Waals surface area contributed by atoms with Gasteiger partial charge in [0.05, 0.1) is 12.1 Å². The molecule has 4 nitrogen and oxygen atoms in total. The van der Waals surface area contributed by atoms with Crippen molar-refractivity contribution in [1.29, 1.82) is 5.26 Å². The molecule has 0 atom stereocenters. The summed E-state index contributed by atoms with van der Waals surface area (Å²) in [6.07, 6.45) is -0.503. The fraction of sp³-hybridized carbons (Fsp3) is 0.375. The number of nitriles is 1. The molecule has 1 amide bonds. The second kappa shape index (κ2) is 6.63. The van der Waals surface area contributed by atoms with Crippen LogP contribution in [0.15, 0.2) is 18.2 Å². The van der Waals surface area contributed by atoms with E-state index < -0.39 is 11.7 Å². The Kier molecular flexibility index (Phi) is 5.17. The van der Waals surface area contributed by atoms with Crippen LogP contribution in [0.4, 0.5) is 4.79 Å². The van der Waals surface area contributed by atoms with E-state index in [1.165, 1.54) is 0 Å². The first kappa shape index (κ1) is 15.6. The minimum absolute atomic E-state index is 0.174. The third-order valence-corrected chi connectivity index (χ3v) is 2.24. The van der Waals surface area contributed by atoms with Gasteiger partial charge in [-0.1, -0.05) is 17.9 Å². The van der Waals surface area contributed by atoms with Crippen molar-refractivity contribution in [3.8, 4) is 17.9 Å². The first-order valence-corrected chi connectivity index (χ1v) is 6.28. The summed E-state index contributed by atoms with van der Waals surface area (Å²) in [4.78, 5) is 11.4. The van der Waals surface area contributed by atoms with Gasteiger partial charge in [-0.05, 0) is 45.4 Å². The van der Waals surface area contributed by atoms with Gasteiger partial charge in [-0.25, -0.2) is 4.79 Å². The van der Waals surface area contributed by atoms with E-state index in [9.17, 15) is 4.79 Å². The van der Waals surface area contributed by atoms with Gasteiger partial charge in [-0.15, -0.1) is 0 Å². The van der Waals surface area contributed by atoms with Gasteiger partial charge in [-0.3, -0.25) is 0 Å². The van der Waals surface area contributed by atoms with Crippen LogP contribution >= 0.6 is 0 Å². The van der Waals surface area contributed by atoms with E-state index in [0.29, 0.717) is 11.1 Å². The lowest BCUT2D eigenvalue weighted by Gasteiger charge is -2.19. The number of benzene rings is 1. The van der Waals surface area contributed by atoms with Crippen LogP contribution in [0.3, 0.4) is 0 Å². The third kappa shape index (κ3) is 5.46. The van der Waals surface area contributed by atoms with Gasteiger partial charge in [0, 0.05) is 5.56 Å². The summed E-state index contributed by atoms with van der Waals surface area (Å²) in [5.74, 6) is 5.69. The van der Waals surface area contributed by atoms with E-state index in [2.05, 4.69) is 23.2 Å². The van der Waals surface area contributed by atoms with E-state index in [1.807, 2.05) is 19.1 Å². The predicted molar refractivity (Wildman–Crippen MR) is 77.0 cm³/mol. The molecule has 0 saturated heterocycles. The summed E-state index contributed by atoms with van der Waals surface area (Å²) in [6.45, 7) is 7.50. The quantitative estimate of drug-likeness (QED) is 0.798. The van der Waals surface area contributed by atoms with Crippen molar-refractivity contribution in [2.75, 3.05) is 6.54 Å². The number of rotatable bonds is 1. The summed E-state index contributed by atoms with van der Waals surface area (Å²) < 4.78 is 5.08.